The van der Waals surface area contributed by atoms with Crippen LogP contribution in [0.1, 0.15) is 17.5 Å². The van der Waals surface area contributed by atoms with E-state index in [9.17, 15) is 4.79 Å². The maximum Gasteiger partial charge on any atom is 0.155 e. The van der Waals surface area contributed by atoms with E-state index in [-0.39, 0.29) is 6.04 Å². The summed E-state index contributed by atoms with van der Waals surface area (Å²) in [5, 5.41) is 7.49. The molecule has 18 heavy (non-hydrogen) atoms. The Kier molecular flexibility index (Phi) is 3.15. The zero-order chi connectivity index (χ0) is 12.4. The number of rotatable bonds is 4. The topological polar surface area (TPSA) is 29.1 Å². The normalized spacial score (nSPS) is 17.2. The fourth-order valence-electron chi connectivity index (χ4n) is 2.37. The van der Waals surface area contributed by atoms with Crippen molar-refractivity contribution in [3.63, 3.8) is 0 Å². The van der Waals surface area contributed by atoms with E-state index in [0.29, 0.717) is 12.2 Å². The van der Waals surface area contributed by atoms with Crippen LogP contribution in [0.15, 0.2) is 41.1 Å². The van der Waals surface area contributed by atoms with Crippen LogP contribution in [0.2, 0.25) is 0 Å². The predicted molar refractivity (Wildman–Crippen MR) is 75.2 cm³/mol. The summed E-state index contributed by atoms with van der Waals surface area (Å²) in [6.07, 6.45) is 2.32. The van der Waals surface area contributed by atoms with Crippen LogP contribution in [0.4, 0.5) is 5.69 Å². The molecule has 3 rings (SSSR count). The van der Waals surface area contributed by atoms with Crippen molar-refractivity contribution in [2.24, 2.45) is 0 Å². The molecule has 2 heterocycles. The number of Topliss-reactive ketones (excluding diaryl/α,β-unsaturated/α-hetero) is 1. The van der Waals surface area contributed by atoms with Crippen molar-refractivity contribution in [1.82, 2.24) is 0 Å². The van der Waals surface area contributed by atoms with Gasteiger partial charge in [0, 0.05) is 18.5 Å². The average Bonchev–Trinajstić information content (AvgIpc) is 3.04. The standard InChI is InChI=1S/C15H15NOS/c17-15(6-5-11-7-8-18-10-11)14-9-12-3-1-2-4-13(12)16-14/h1-4,7-8,10,14,16H,5-6,9H2. The lowest BCUT2D eigenvalue weighted by Crippen LogP contribution is -2.27. The molecule has 1 atom stereocenters. The number of ketones is 1. The van der Waals surface area contributed by atoms with E-state index in [1.54, 1.807) is 11.3 Å². The first-order valence-electron chi connectivity index (χ1n) is 6.21. The smallest absolute Gasteiger partial charge is 0.155 e. The number of fused-ring (bicyclic) bond motifs is 1. The molecule has 1 aliphatic heterocycles. The molecule has 3 heteroatoms. The van der Waals surface area contributed by atoms with Gasteiger partial charge in [-0.1, -0.05) is 18.2 Å². The molecule has 2 aromatic rings. The molecule has 1 unspecified atom stereocenters. The minimum atomic E-state index is -0.0268. The van der Waals surface area contributed by atoms with Crippen LogP contribution in [0.5, 0.6) is 0 Å². The van der Waals surface area contributed by atoms with E-state index >= 15 is 0 Å². The fraction of sp³-hybridized carbons (Fsp3) is 0.267. The molecule has 0 aliphatic carbocycles. The highest BCUT2D eigenvalue weighted by atomic mass is 32.1. The van der Waals surface area contributed by atoms with Gasteiger partial charge >= 0.3 is 0 Å². The van der Waals surface area contributed by atoms with Gasteiger partial charge in [-0.05, 0) is 40.4 Å². The maximum atomic E-state index is 12.1. The summed E-state index contributed by atoms with van der Waals surface area (Å²) in [7, 11) is 0. The Labute approximate surface area is 111 Å². The van der Waals surface area contributed by atoms with Crippen molar-refractivity contribution < 1.29 is 4.79 Å². The fourth-order valence-corrected chi connectivity index (χ4v) is 3.07. The monoisotopic (exact) mass is 257 g/mol. The van der Waals surface area contributed by atoms with E-state index in [0.717, 1.165) is 18.5 Å². The van der Waals surface area contributed by atoms with Gasteiger partial charge in [0.15, 0.2) is 5.78 Å². The minimum Gasteiger partial charge on any atom is -0.375 e. The third-order valence-corrected chi connectivity index (χ3v) is 4.13. The SMILES string of the molecule is O=C(CCc1ccsc1)C1Cc2ccccc2N1. The number of benzene rings is 1. The van der Waals surface area contributed by atoms with Gasteiger partial charge < -0.3 is 5.32 Å². The Morgan fingerprint density at radius 3 is 3.00 bits per heavy atom. The van der Waals surface area contributed by atoms with Gasteiger partial charge in [0.05, 0.1) is 6.04 Å². The van der Waals surface area contributed by atoms with Gasteiger partial charge in [-0.15, -0.1) is 0 Å². The second kappa shape index (κ2) is 4.94. The lowest BCUT2D eigenvalue weighted by atomic mass is 10.0. The summed E-state index contributed by atoms with van der Waals surface area (Å²) in [6, 6.07) is 10.2. The molecule has 2 nitrogen and oxygen atoms in total. The van der Waals surface area contributed by atoms with Crippen LogP contribution in [-0.2, 0) is 17.6 Å². The number of aryl methyl sites for hydroxylation is 1. The maximum absolute atomic E-state index is 12.1. The first-order chi connectivity index (χ1) is 8.83. The second-order valence-electron chi connectivity index (χ2n) is 4.66. The molecule has 1 aromatic carbocycles. The van der Waals surface area contributed by atoms with Crippen molar-refractivity contribution in [2.75, 3.05) is 5.32 Å². The Bertz CT molecular complexity index is 522. The molecule has 1 N–H and O–H groups in total. The highest BCUT2D eigenvalue weighted by molar-refractivity contribution is 7.07. The molecule has 0 saturated heterocycles. The zero-order valence-electron chi connectivity index (χ0n) is 10.1. The molecule has 0 fully saturated rings. The average molecular weight is 257 g/mol. The highest BCUT2D eigenvalue weighted by Crippen LogP contribution is 2.26. The summed E-state index contributed by atoms with van der Waals surface area (Å²) in [5.41, 5.74) is 3.64. The minimum absolute atomic E-state index is 0.0268. The lowest BCUT2D eigenvalue weighted by Gasteiger charge is -2.09. The van der Waals surface area contributed by atoms with Gasteiger partial charge in [-0.3, -0.25) is 4.79 Å². The predicted octanol–water partition coefficient (Wildman–Crippen LogP) is 3.29. The molecule has 1 aromatic heterocycles. The summed E-state index contributed by atoms with van der Waals surface area (Å²) >= 11 is 1.69. The molecule has 0 bridgehead atoms. The van der Waals surface area contributed by atoms with Gasteiger partial charge in [-0.2, -0.15) is 11.3 Å². The number of thiophene rings is 1. The van der Waals surface area contributed by atoms with Crippen molar-refractivity contribution in [3.05, 3.63) is 52.2 Å². The molecule has 0 amide bonds. The van der Waals surface area contributed by atoms with Crippen LogP contribution in [0.25, 0.3) is 0 Å². The van der Waals surface area contributed by atoms with Crippen LogP contribution >= 0.6 is 11.3 Å². The first kappa shape index (κ1) is 11.5. The third kappa shape index (κ3) is 2.31. The quantitative estimate of drug-likeness (QED) is 0.910. The Morgan fingerprint density at radius 1 is 1.33 bits per heavy atom. The summed E-state index contributed by atoms with van der Waals surface area (Å²) in [6.45, 7) is 0. The Balaban J connectivity index is 1.59. The zero-order valence-corrected chi connectivity index (χ0v) is 10.9. The van der Waals surface area contributed by atoms with Crippen molar-refractivity contribution in [2.45, 2.75) is 25.3 Å². The second-order valence-corrected chi connectivity index (χ2v) is 5.44. The number of hydrogen-bond acceptors (Lipinski definition) is 3. The van der Waals surface area contributed by atoms with Crippen LogP contribution in [0.3, 0.4) is 0 Å². The number of hydrogen-bond donors (Lipinski definition) is 1. The lowest BCUT2D eigenvalue weighted by molar-refractivity contribution is -0.119. The van der Waals surface area contributed by atoms with Crippen molar-refractivity contribution in [3.8, 4) is 0 Å². The summed E-state index contributed by atoms with van der Waals surface area (Å²) in [5.74, 6) is 0.317. The van der Waals surface area contributed by atoms with Crippen molar-refractivity contribution >= 4 is 22.8 Å². The largest absolute Gasteiger partial charge is 0.375 e. The van der Waals surface area contributed by atoms with Crippen LogP contribution in [0, 0.1) is 0 Å². The number of anilines is 1. The van der Waals surface area contributed by atoms with Gasteiger partial charge in [0.25, 0.3) is 0 Å². The van der Waals surface area contributed by atoms with Gasteiger partial charge in [-0.25, -0.2) is 0 Å². The molecular formula is C15H15NOS. The number of para-hydroxylation sites is 1. The first-order valence-corrected chi connectivity index (χ1v) is 7.15. The Hall–Kier alpha value is -1.61. The van der Waals surface area contributed by atoms with Crippen molar-refractivity contribution in [1.29, 1.82) is 0 Å². The molecule has 0 spiro atoms. The molecule has 92 valence electrons. The number of carbonyl (C=O) groups is 1. The van der Waals surface area contributed by atoms with E-state index in [1.807, 2.05) is 18.2 Å². The Morgan fingerprint density at radius 2 is 2.22 bits per heavy atom. The summed E-state index contributed by atoms with van der Waals surface area (Å²) in [4.78, 5) is 12.1. The molecule has 1 aliphatic rings. The summed E-state index contributed by atoms with van der Waals surface area (Å²) < 4.78 is 0. The van der Waals surface area contributed by atoms with Crippen LogP contribution < -0.4 is 5.32 Å². The third-order valence-electron chi connectivity index (χ3n) is 3.40. The van der Waals surface area contributed by atoms with E-state index in [2.05, 4.69) is 28.2 Å². The van der Waals surface area contributed by atoms with Gasteiger partial charge in [0.2, 0.25) is 0 Å². The molecule has 0 saturated carbocycles. The molecular weight excluding hydrogens is 242 g/mol. The van der Waals surface area contributed by atoms with E-state index in [4.69, 9.17) is 0 Å². The van der Waals surface area contributed by atoms with E-state index < -0.39 is 0 Å². The van der Waals surface area contributed by atoms with Crippen LogP contribution in [-0.4, -0.2) is 11.8 Å². The van der Waals surface area contributed by atoms with E-state index in [1.165, 1.54) is 11.1 Å². The number of nitrogens with one attached hydrogen (secondary N) is 1. The number of carbonyl (C=O) groups excluding carboxylic acids is 1. The molecule has 0 radical (unpaired) electrons. The highest BCUT2D eigenvalue weighted by Gasteiger charge is 2.25. The van der Waals surface area contributed by atoms with Gasteiger partial charge in [0.1, 0.15) is 0 Å².